The lowest BCUT2D eigenvalue weighted by Crippen LogP contribution is -2.17. The van der Waals surface area contributed by atoms with E-state index in [2.05, 4.69) is 29.9 Å². The van der Waals surface area contributed by atoms with Crippen LogP contribution in [0.15, 0.2) is 47.3 Å². The first-order valence-corrected chi connectivity index (χ1v) is 6.26. The minimum Gasteiger partial charge on any atom is -0.472 e. The molecule has 0 amide bonds. The van der Waals surface area contributed by atoms with Crippen molar-refractivity contribution < 1.29 is 4.42 Å². The van der Waals surface area contributed by atoms with Crippen LogP contribution < -0.4 is 5.73 Å². The molecule has 0 aliphatic rings. The molecule has 2 N–H and O–H groups in total. The van der Waals surface area contributed by atoms with Crippen molar-refractivity contribution in [1.82, 2.24) is 4.90 Å². The zero-order valence-corrected chi connectivity index (χ0v) is 11.1. The van der Waals surface area contributed by atoms with E-state index in [4.69, 9.17) is 10.2 Å². The van der Waals surface area contributed by atoms with Crippen molar-refractivity contribution in [2.45, 2.75) is 13.1 Å². The Morgan fingerprint density at radius 3 is 2.79 bits per heavy atom. The highest BCUT2D eigenvalue weighted by Gasteiger charge is 2.05. The molecule has 3 nitrogen and oxygen atoms in total. The molecule has 1 aromatic heterocycles. The molecule has 0 aliphatic heterocycles. The fourth-order valence-corrected chi connectivity index (χ4v) is 1.97. The lowest BCUT2D eigenvalue weighted by atomic mass is 10.1. The van der Waals surface area contributed by atoms with Crippen molar-refractivity contribution in [2.24, 2.45) is 5.73 Å². The Kier molecular flexibility index (Phi) is 4.79. The van der Waals surface area contributed by atoms with E-state index in [1.165, 1.54) is 11.1 Å². The molecule has 0 bridgehead atoms. The Labute approximate surface area is 114 Å². The van der Waals surface area contributed by atoms with Crippen LogP contribution in [0.2, 0.25) is 0 Å². The van der Waals surface area contributed by atoms with Crippen molar-refractivity contribution in [1.29, 1.82) is 0 Å². The van der Waals surface area contributed by atoms with E-state index in [0.717, 1.165) is 18.7 Å². The summed E-state index contributed by atoms with van der Waals surface area (Å²) in [4.78, 5) is 2.23. The number of hydrogen-bond acceptors (Lipinski definition) is 3. The number of hydrogen-bond donors (Lipinski definition) is 1. The summed E-state index contributed by atoms with van der Waals surface area (Å²) in [6.45, 7) is 2.09. The quantitative estimate of drug-likeness (QED) is 0.851. The first-order chi connectivity index (χ1) is 9.29. The van der Waals surface area contributed by atoms with Crippen molar-refractivity contribution in [3.63, 3.8) is 0 Å². The third kappa shape index (κ3) is 3.99. The molecular formula is C16H18N2O. The number of nitrogens with zero attached hydrogens (tertiary/aromatic N) is 1. The van der Waals surface area contributed by atoms with Gasteiger partial charge in [0.05, 0.1) is 19.1 Å². The second-order valence-corrected chi connectivity index (χ2v) is 4.47. The molecular weight excluding hydrogens is 236 g/mol. The highest BCUT2D eigenvalue weighted by molar-refractivity contribution is 5.41. The van der Waals surface area contributed by atoms with Crippen molar-refractivity contribution >= 4 is 0 Å². The summed E-state index contributed by atoms with van der Waals surface area (Å²) in [6, 6.07) is 10.2. The van der Waals surface area contributed by atoms with E-state index in [0.29, 0.717) is 6.54 Å². The molecule has 1 heterocycles. The second kappa shape index (κ2) is 6.79. The Hall–Kier alpha value is -2.02. The molecule has 1 aromatic carbocycles. The van der Waals surface area contributed by atoms with Crippen LogP contribution in [0.3, 0.4) is 0 Å². The minimum atomic E-state index is 0.388. The Morgan fingerprint density at radius 1 is 1.21 bits per heavy atom. The van der Waals surface area contributed by atoms with Gasteiger partial charge >= 0.3 is 0 Å². The van der Waals surface area contributed by atoms with E-state index in [1.54, 1.807) is 12.5 Å². The van der Waals surface area contributed by atoms with Crippen LogP contribution >= 0.6 is 0 Å². The lowest BCUT2D eigenvalue weighted by Gasteiger charge is -2.16. The molecule has 2 aromatic rings. The van der Waals surface area contributed by atoms with Gasteiger partial charge in [0.15, 0.2) is 0 Å². The molecule has 98 valence electrons. The summed E-state index contributed by atoms with van der Waals surface area (Å²) in [5.74, 6) is 6.02. The van der Waals surface area contributed by atoms with Gasteiger partial charge < -0.3 is 10.2 Å². The van der Waals surface area contributed by atoms with Crippen LogP contribution in [0, 0.1) is 11.8 Å². The highest BCUT2D eigenvalue weighted by atomic mass is 16.3. The smallest absolute Gasteiger partial charge is 0.0947 e. The topological polar surface area (TPSA) is 42.4 Å². The van der Waals surface area contributed by atoms with E-state index >= 15 is 0 Å². The molecule has 0 unspecified atom stereocenters. The summed E-state index contributed by atoms with van der Waals surface area (Å²) in [7, 11) is 2.08. The van der Waals surface area contributed by atoms with Crippen LogP contribution in [0.5, 0.6) is 0 Å². The van der Waals surface area contributed by atoms with Gasteiger partial charge in [-0.1, -0.05) is 30.0 Å². The zero-order chi connectivity index (χ0) is 13.5. The zero-order valence-electron chi connectivity index (χ0n) is 11.1. The summed E-state index contributed by atoms with van der Waals surface area (Å²) in [5, 5.41) is 0. The average molecular weight is 254 g/mol. The predicted octanol–water partition coefficient (Wildman–Crippen LogP) is 2.22. The van der Waals surface area contributed by atoms with Gasteiger partial charge in [0, 0.05) is 24.2 Å². The second-order valence-electron chi connectivity index (χ2n) is 4.47. The third-order valence-corrected chi connectivity index (χ3v) is 2.82. The Morgan fingerprint density at radius 2 is 2.05 bits per heavy atom. The molecule has 0 fully saturated rings. The molecule has 3 heteroatoms. The van der Waals surface area contributed by atoms with E-state index < -0.39 is 0 Å². The third-order valence-electron chi connectivity index (χ3n) is 2.82. The molecule has 0 radical (unpaired) electrons. The first kappa shape index (κ1) is 13.4. The maximum Gasteiger partial charge on any atom is 0.0947 e. The van der Waals surface area contributed by atoms with Crippen molar-refractivity contribution in [3.05, 3.63) is 59.5 Å². The predicted molar refractivity (Wildman–Crippen MR) is 76.3 cm³/mol. The summed E-state index contributed by atoms with van der Waals surface area (Å²) < 4.78 is 5.08. The van der Waals surface area contributed by atoms with Crippen LogP contribution in [-0.2, 0) is 13.1 Å². The standard InChI is InChI=1S/C16H18N2O/c1-18(11-14-8-10-19-13-14)12-16-6-3-2-5-15(16)7-4-9-17/h2-3,5-6,8,10,13H,9,11-12,17H2,1H3. The molecule has 0 spiro atoms. The maximum atomic E-state index is 5.42. The van der Waals surface area contributed by atoms with Gasteiger partial charge in [0.2, 0.25) is 0 Å². The summed E-state index contributed by atoms with van der Waals surface area (Å²) >= 11 is 0. The largest absolute Gasteiger partial charge is 0.472 e. The molecule has 0 saturated heterocycles. The normalized spacial score (nSPS) is 10.3. The fraction of sp³-hybridized carbons (Fsp3) is 0.250. The van der Waals surface area contributed by atoms with Crippen LogP contribution in [-0.4, -0.2) is 18.5 Å². The number of furan rings is 1. The van der Waals surface area contributed by atoms with Crippen molar-refractivity contribution in [3.8, 4) is 11.8 Å². The molecule has 0 atom stereocenters. The van der Waals surface area contributed by atoms with E-state index in [-0.39, 0.29) is 0 Å². The van der Waals surface area contributed by atoms with Crippen molar-refractivity contribution in [2.75, 3.05) is 13.6 Å². The van der Waals surface area contributed by atoms with Gasteiger partial charge in [-0.2, -0.15) is 0 Å². The molecule has 2 rings (SSSR count). The van der Waals surface area contributed by atoms with Crippen LogP contribution in [0.4, 0.5) is 0 Å². The van der Waals surface area contributed by atoms with Gasteiger partial charge in [-0.25, -0.2) is 0 Å². The van der Waals surface area contributed by atoms with Gasteiger partial charge in [0.25, 0.3) is 0 Å². The number of nitrogens with two attached hydrogens (primary N) is 1. The van der Waals surface area contributed by atoms with Crippen LogP contribution in [0.25, 0.3) is 0 Å². The monoisotopic (exact) mass is 254 g/mol. The highest BCUT2D eigenvalue weighted by Crippen LogP contribution is 2.12. The van der Waals surface area contributed by atoms with E-state index in [1.807, 2.05) is 24.3 Å². The van der Waals surface area contributed by atoms with Gasteiger partial charge in [-0.15, -0.1) is 0 Å². The maximum absolute atomic E-state index is 5.42. The van der Waals surface area contributed by atoms with Crippen LogP contribution in [0.1, 0.15) is 16.7 Å². The lowest BCUT2D eigenvalue weighted by molar-refractivity contribution is 0.317. The van der Waals surface area contributed by atoms with Gasteiger partial charge in [-0.3, -0.25) is 4.90 Å². The van der Waals surface area contributed by atoms with E-state index in [9.17, 15) is 0 Å². The average Bonchev–Trinajstić information content (AvgIpc) is 2.90. The molecule has 19 heavy (non-hydrogen) atoms. The first-order valence-electron chi connectivity index (χ1n) is 6.26. The fourth-order valence-electron chi connectivity index (χ4n) is 1.97. The number of rotatable bonds is 4. The van der Waals surface area contributed by atoms with Gasteiger partial charge in [-0.05, 0) is 24.7 Å². The Bertz CT molecular complexity index is 564. The summed E-state index contributed by atoms with van der Waals surface area (Å²) in [6.07, 6.45) is 3.47. The SMILES string of the molecule is CN(Cc1ccoc1)Cc1ccccc1C#CCN. The molecule has 0 saturated carbocycles. The number of benzene rings is 1. The minimum absolute atomic E-state index is 0.388. The summed E-state index contributed by atoms with van der Waals surface area (Å²) in [5.41, 5.74) is 8.86. The Balaban J connectivity index is 2.06. The van der Waals surface area contributed by atoms with Gasteiger partial charge in [0.1, 0.15) is 0 Å². The molecule has 0 aliphatic carbocycles.